The fraction of sp³-hybridized carbons (Fsp3) is 0.667. The Bertz CT molecular complexity index is 1060. The highest BCUT2D eigenvalue weighted by molar-refractivity contribution is 5.94. The van der Waals surface area contributed by atoms with Crippen LogP contribution in [0.15, 0.2) is 12.4 Å². The van der Waals surface area contributed by atoms with Crippen LogP contribution in [0.4, 0.5) is 5.82 Å². The van der Waals surface area contributed by atoms with Gasteiger partial charge in [0.2, 0.25) is 5.91 Å². The summed E-state index contributed by atoms with van der Waals surface area (Å²) in [5.74, 6) is 1.71. The molecule has 2 aromatic rings. The third-order valence-corrected chi connectivity index (χ3v) is 8.10. The summed E-state index contributed by atoms with van der Waals surface area (Å²) >= 11 is 0. The first-order valence-electron chi connectivity index (χ1n) is 13.7. The number of amides is 2. The Labute approximate surface area is 213 Å². The van der Waals surface area contributed by atoms with Gasteiger partial charge in [-0.1, -0.05) is 0 Å². The number of nitrogens with one attached hydrogen (secondary N) is 1. The average Bonchev–Trinajstić information content (AvgIpc) is 3.27. The van der Waals surface area contributed by atoms with Crippen LogP contribution in [0.5, 0.6) is 0 Å². The summed E-state index contributed by atoms with van der Waals surface area (Å²) in [4.78, 5) is 38.0. The Morgan fingerprint density at radius 3 is 2.44 bits per heavy atom. The average molecular weight is 494 g/mol. The molecule has 0 radical (unpaired) electrons. The quantitative estimate of drug-likeness (QED) is 0.665. The second kappa shape index (κ2) is 11.0. The Morgan fingerprint density at radius 2 is 1.75 bits per heavy atom. The van der Waals surface area contributed by atoms with Crippen molar-refractivity contribution in [2.24, 2.45) is 5.92 Å². The van der Waals surface area contributed by atoms with Crippen molar-refractivity contribution in [3.8, 4) is 0 Å². The topological polar surface area (TPSA) is 96.2 Å². The molecule has 2 fully saturated rings. The molecule has 2 aromatic heterocycles. The number of piperidine rings is 2. The lowest BCUT2D eigenvalue weighted by Gasteiger charge is -2.32. The summed E-state index contributed by atoms with van der Waals surface area (Å²) < 4.78 is 2.16. The van der Waals surface area contributed by atoms with Gasteiger partial charge in [0, 0.05) is 56.9 Å². The minimum Gasteiger partial charge on any atom is -0.355 e. The molecule has 194 valence electrons. The van der Waals surface area contributed by atoms with Gasteiger partial charge in [-0.2, -0.15) is 5.10 Å². The molecule has 0 atom stereocenters. The number of aryl methyl sites for hydroxylation is 2. The molecule has 3 aliphatic rings. The molecule has 36 heavy (non-hydrogen) atoms. The van der Waals surface area contributed by atoms with E-state index in [1.807, 2.05) is 24.2 Å². The summed E-state index contributed by atoms with van der Waals surface area (Å²) in [6, 6.07) is 0.169. The van der Waals surface area contributed by atoms with Crippen molar-refractivity contribution < 1.29 is 9.59 Å². The SMILES string of the molecule is CC(=O)NC1CCN(C(=O)c2nn(CCC3CCN(c4cnc(C)cn4)CC3)c3c2CCCC3)CC1. The van der Waals surface area contributed by atoms with Crippen molar-refractivity contribution in [3.63, 3.8) is 0 Å². The van der Waals surface area contributed by atoms with Gasteiger partial charge in [-0.25, -0.2) is 4.98 Å². The minimum atomic E-state index is 0.00193. The van der Waals surface area contributed by atoms with E-state index in [0.29, 0.717) is 24.7 Å². The highest BCUT2D eigenvalue weighted by atomic mass is 16.2. The maximum atomic E-state index is 13.5. The summed E-state index contributed by atoms with van der Waals surface area (Å²) in [6.07, 6.45) is 13.0. The zero-order chi connectivity index (χ0) is 25.1. The van der Waals surface area contributed by atoms with Crippen LogP contribution in [0.25, 0.3) is 0 Å². The van der Waals surface area contributed by atoms with E-state index in [9.17, 15) is 9.59 Å². The van der Waals surface area contributed by atoms with E-state index in [2.05, 4.69) is 24.9 Å². The Balaban J connectivity index is 1.19. The minimum absolute atomic E-state index is 0.00193. The van der Waals surface area contributed by atoms with Crippen LogP contribution in [-0.2, 0) is 24.2 Å². The molecule has 0 bridgehead atoms. The molecule has 1 N–H and O–H groups in total. The molecule has 9 heteroatoms. The van der Waals surface area contributed by atoms with Crippen molar-refractivity contribution in [1.29, 1.82) is 0 Å². The number of anilines is 1. The van der Waals surface area contributed by atoms with Crippen LogP contribution in [0.1, 0.15) is 79.3 Å². The van der Waals surface area contributed by atoms with E-state index in [1.165, 1.54) is 17.7 Å². The maximum absolute atomic E-state index is 13.5. The summed E-state index contributed by atoms with van der Waals surface area (Å²) in [7, 11) is 0. The zero-order valence-electron chi connectivity index (χ0n) is 21.7. The lowest BCUT2D eigenvalue weighted by Crippen LogP contribution is -2.46. The molecule has 2 amide bonds. The van der Waals surface area contributed by atoms with Crippen LogP contribution in [0.3, 0.4) is 0 Å². The number of carbonyl (C=O) groups excluding carboxylic acids is 2. The molecule has 0 aromatic carbocycles. The Hall–Kier alpha value is -2.97. The molecule has 0 saturated carbocycles. The first-order valence-corrected chi connectivity index (χ1v) is 13.7. The summed E-state index contributed by atoms with van der Waals surface area (Å²) in [6.45, 7) is 7.78. The van der Waals surface area contributed by atoms with Gasteiger partial charge in [0.05, 0.1) is 18.1 Å². The zero-order valence-corrected chi connectivity index (χ0v) is 21.7. The van der Waals surface area contributed by atoms with Crippen molar-refractivity contribution >= 4 is 17.6 Å². The van der Waals surface area contributed by atoms with Gasteiger partial charge < -0.3 is 15.1 Å². The smallest absolute Gasteiger partial charge is 0.274 e. The van der Waals surface area contributed by atoms with Gasteiger partial charge in [-0.3, -0.25) is 19.3 Å². The van der Waals surface area contributed by atoms with Gasteiger partial charge in [0.1, 0.15) is 5.82 Å². The number of hydrogen-bond acceptors (Lipinski definition) is 6. The maximum Gasteiger partial charge on any atom is 0.274 e. The molecular formula is C27H39N7O2. The first-order chi connectivity index (χ1) is 17.5. The third kappa shape index (κ3) is 5.55. The van der Waals surface area contributed by atoms with Gasteiger partial charge in [0.15, 0.2) is 5.69 Å². The Kier molecular flexibility index (Phi) is 7.53. The predicted octanol–water partition coefficient (Wildman–Crippen LogP) is 2.91. The van der Waals surface area contributed by atoms with E-state index < -0.39 is 0 Å². The van der Waals surface area contributed by atoms with Gasteiger partial charge in [-0.05, 0) is 70.6 Å². The van der Waals surface area contributed by atoms with E-state index in [-0.39, 0.29) is 17.9 Å². The van der Waals surface area contributed by atoms with Crippen molar-refractivity contribution in [1.82, 2.24) is 30.0 Å². The number of nitrogens with zero attached hydrogens (tertiary/aromatic N) is 6. The van der Waals surface area contributed by atoms with Crippen LogP contribution in [0.2, 0.25) is 0 Å². The predicted molar refractivity (Wildman–Crippen MR) is 138 cm³/mol. The monoisotopic (exact) mass is 493 g/mol. The molecule has 4 heterocycles. The molecule has 1 aliphatic carbocycles. The summed E-state index contributed by atoms with van der Waals surface area (Å²) in [5.41, 5.74) is 4.09. The third-order valence-electron chi connectivity index (χ3n) is 8.10. The first kappa shape index (κ1) is 24.7. The lowest BCUT2D eigenvalue weighted by atomic mass is 9.93. The lowest BCUT2D eigenvalue weighted by molar-refractivity contribution is -0.119. The van der Waals surface area contributed by atoms with E-state index in [1.54, 1.807) is 6.92 Å². The fourth-order valence-corrected chi connectivity index (χ4v) is 6.00. The number of rotatable bonds is 6. The van der Waals surface area contributed by atoms with Crippen molar-refractivity contribution in [2.45, 2.75) is 84.2 Å². The molecular weight excluding hydrogens is 454 g/mol. The Morgan fingerprint density at radius 1 is 1.00 bits per heavy atom. The fourth-order valence-electron chi connectivity index (χ4n) is 6.00. The van der Waals surface area contributed by atoms with Gasteiger partial charge in [-0.15, -0.1) is 0 Å². The number of fused-ring (bicyclic) bond motifs is 1. The van der Waals surface area contributed by atoms with Crippen LogP contribution >= 0.6 is 0 Å². The second-order valence-corrected chi connectivity index (χ2v) is 10.7. The van der Waals surface area contributed by atoms with E-state index in [4.69, 9.17) is 5.10 Å². The molecule has 2 aliphatic heterocycles. The van der Waals surface area contributed by atoms with Crippen molar-refractivity contribution in [2.75, 3.05) is 31.1 Å². The molecule has 0 spiro atoms. The molecule has 9 nitrogen and oxygen atoms in total. The number of likely N-dealkylation sites (tertiary alicyclic amines) is 1. The van der Waals surface area contributed by atoms with Gasteiger partial charge >= 0.3 is 0 Å². The van der Waals surface area contributed by atoms with E-state index in [0.717, 1.165) is 82.5 Å². The van der Waals surface area contributed by atoms with Crippen LogP contribution < -0.4 is 10.2 Å². The molecule has 5 rings (SSSR count). The van der Waals surface area contributed by atoms with E-state index >= 15 is 0 Å². The number of carbonyl (C=O) groups is 2. The van der Waals surface area contributed by atoms with Crippen LogP contribution in [0, 0.1) is 12.8 Å². The summed E-state index contributed by atoms with van der Waals surface area (Å²) in [5, 5.41) is 7.91. The molecule has 0 unspecified atom stereocenters. The standard InChI is InChI=1S/C27H39N7O2/c1-19-17-29-25(18-28-19)32-12-7-21(8-13-32)9-16-34-24-6-4-3-5-23(24)26(31-34)27(36)33-14-10-22(11-15-33)30-20(2)35/h17-18,21-22H,3-16H2,1-2H3,(H,30,35). The highest BCUT2D eigenvalue weighted by Gasteiger charge is 2.31. The normalized spacial score (nSPS) is 19.3. The number of aromatic nitrogens is 4. The van der Waals surface area contributed by atoms with Crippen molar-refractivity contribution in [3.05, 3.63) is 35.0 Å². The molecule has 2 saturated heterocycles. The largest absolute Gasteiger partial charge is 0.355 e. The van der Waals surface area contributed by atoms with Crippen LogP contribution in [-0.4, -0.2) is 68.7 Å². The second-order valence-electron chi connectivity index (χ2n) is 10.7. The number of hydrogen-bond donors (Lipinski definition) is 1. The van der Waals surface area contributed by atoms with Gasteiger partial charge in [0.25, 0.3) is 5.91 Å². The highest BCUT2D eigenvalue weighted by Crippen LogP contribution is 2.29.